The average molecular weight is 240 g/mol. The molecule has 1 fully saturated rings. The lowest BCUT2D eigenvalue weighted by molar-refractivity contribution is -0.0144. The second-order valence-corrected chi connectivity index (χ2v) is 4.53. The highest BCUT2D eigenvalue weighted by Gasteiger charge is 2.40. The molecule has 1 saturated heterocycles. The molecular weight excluding hydrogens is 223 g/mol. The van der Waals surface area contributed by atoms with Gasteiger partial charge in [-0.25, -0.2) is 4.39 Å². The second kappa shape index (κ2) is 4.63. The van der Waals surface area contributed by atoms with Gasteiger partial charge < -0.3 is 14.6 Å². The fraction of sp³-hybridized carbons (Fsp3) is 0.538. The Balaban J connectivity index is 2.43. The molecular formula is C13H17FO3. The standard InChI is InChI=1S/C13H17FO3/c1-13(15,9-6-7-17-8-9)12-10(14)4-3-5-11(12)16-2/h3-5,9,15H,6-8H2,1-2H3. The first-order valence-corrected chi connectivity index (χ1v) is 5.70. The van der Waals surface area contributed by atoms with E-state index in [-0.39, 0.29) is 11.5 Å². The lowest BCUT2D eigenvalue weighted by Gasteiger charge is -2.31. The monoisotopic (exact) mass is 240 g/mol. The van der Waals surface area contributed by atoms with Crippen molar-refractivity contribution >= 4 is 0 Å². The van der Waals surface area contributed by atoms with Gasteiger partial charge in [0.2, 0.25) is 0 Å². The molecule has 4 heteroatoms. The molecule has 0 bridgehead atoms. The summed E-state index contributed by atoms with van der Waals surface area (Å²) in [5.74, 6) is -0.170. The van der Waals surface area contributed by atoms with Crippen LogP contribution in [0.5, 0.6) is 5.75 Å². The third-order valence-electron chi connectivity index (χ3n) is 3.43. The summed E-state index contributed by atoms with van der Waals surface area (Å²) in [5.41, 5.74) is -1.05. The molecule has 2 rings (SSSR count). The third-order valence-corrected chi connectivity index (χ3v) is 3.43. The zero-order valence-corrected chi connectivity index (χ0v) is 10.1. The van der Waals surface area contributed by atoms with Crippen LogP contribution in [0.15, 0.2) is 18.2 Å². The molecule has 1 heterocycles. The highest BCUT2D eigenvalue weighted by atomic mass is 19.1. The molecule has 1 N–H and O–H groups in total. The van der Waals surface area contributed by atoms with Crippen molar-refractivity contribution in [2.45, 2.75) is 18.9 Å². The number of rotatable bonds is 3. The van der Waals surface area contributed by atoms with Crippen molar-refractivity contribution in [1.82, 2.24) is 0 Å². The van der Waals surface area contributed by atoms with Crippen LogP contribution < -0.4 is 4.74 Å². The van der Waals surface area contributed by atoms with Gasteiger partial charge in [-0.3, -0.25) is 0 Å². The summed E-state index contributed by atoms with van der Waals surface area (Å²) in [4.78, 5) is 0. The van der Waals surface area contributed by atoms with Crippen molar-refractivity contribution in [2.24, 2.45) is 5.92 Å². The quantitative estimate of drug-likeness (QED) is 0.879. The lowest BCUT2D eigenvalue weighted by atomic mass is 9.81. The topological polar surface area (TPSA) is 38.7 Å². The van der Waals surface area contributed by atoms with Crippen LogP contribution in [0.4, 0.5) is 4.39 Å². The van der Waals surface area contributed by atoms with Crippen LogP contribution in [0.1, 0.15) is 18.9 Å². The Morgan fingerprint density at radius 2 is 2.29 bits per heavy atom. The number of benzene rings is 1. The molecule has 94 valence electrons. The Hall–Kier alpha value is -1.13. The number of halogens is 1. The molecule has 1 aliphatic heterocycles. The Kier molecular flexibility index (Phi) is 3.35. The van der Waals surface area contributed by atoms with Crippen molar-refractivity contribution < 1.29 is 19.0 Å². The van der Waals surface area contributed by atoms with E-state index in [1.54, 1.807) is 19.1 Å². The number of aliphatic hydroxyl groups is 1. The number of methoxy groups -OCH3 is 1. The average Bonchev–Trinajstić information content (AvgIpc) is 2.82. The van der Waals surface area contributed by atoms with Gasteiger partial charge in [0.15, 0.2) is 0 Å². The summed E-state index contributed by atoms with van der Waals surface area (Å²) in [6.07, 6.45) is 0.727. The van der Waals surface area contributed by atoms with E-state index < -0.39 is 11.4 Å². The zero-order valence-electron chi connectivity index (χ0n) is 10.1. The molecule has 0 amide bonds. The van der Waals surface area contributed by atoms with Gasteiger partial charge >= 0.3 is 0 Å². The van der Waals surface area contributed by atoms with Crippen LogP contribution in [-0.4, -0.2) is 25.4 Å². The fourth-order valence-electron chi connectivity index (χ4n) is 2.35. The summed E-state index contributed by atoms with van der Waals surface area (Å²) in [5, 5.41) is 10.6. The molecule has 0 aromatic heterocycles. The molecule has 0 aliphatic carbocycles. The zero-order chi connectivity index (χ0) is 12.5. The van der Waals surface area contributed by atoms with Crippen LogP contribution in [-0.2, 0) is 10.3 Å². The maximum atomic E-state index is 13.9. The maximum absolute atomic E-state index is 13.9. The van der Waals surface area contributed by atoms with E-state index in [2.05, 4.69) is 0 Å². The van der Waals surface area contributed by atoms with Crippen molar-refractivity contribution in [3.63, 3.8) is 0 Å². The van der Waals surface area contributed by atoms with Crippen molar-refractivity contribution in [1.29, 1.82) is 0 Å². The Labute approximate surface area is 100 Å². The van der Waals surface area contributed by atoms with Crippen LogP contribution in [0.25, 0.3) is 0 Å². The molecule has 1 aromatic carbocycles. The molecule has 2 atom stereocenters. The summed E-state index contributed by atoms with van der Waals surface area (Å²) in [6, 6.07) is 4.56. The van der Waals surface area contributed by atoms with Crippen molar-refractivity contribution in [2.75, 3.05) is 20.3 Å². The SMILES string of the molecule is COc1cccc(F)c1C(C)(O)C1CCOC1. The minimum Gasteiger partial charge on any atom is -0.496 e. The Bertz CT molecular complexity index is 398. The van der Waals surface area contributed by atoms with E-state index in [1.807, 2.05) is 0 Å². The van der Waals surface area contributed by atoms with Gasteiger partial charge in [0.05, 0.1) is 24.9 Å². The van der Waals surface area contributed by atoms with E-state index in [4.69, 9.17) is 9.47 Å². The molecule has 0 radical (unpaired) electrons. The molecule has 2 unspecified atom stereocenters. The molecule has 17 heavy (non-hydrogen) atoms. The van der Waals surface area contributed by atoms with Gasteiger partial charge in [-0.05, 0) is 25.5 Å². The van der Waals surface area contributed by atoms with Crippen LogP contribution >= 0.6 is 0 Å². The second-order valence-electron chi connectivity index (χ2n) is 4.53. The van der Waals surface area contributed by atoms with Crippen LogP contribution in [0.3, 0.4) is 0 Å². The number of ether oxygens (including phenoxy) is 2. The van der Waals surface area contributed by atoms with E-state index >= 15 is 0 Å². The first kappa shape index (κ1) is 12.3. The first-order valence-electron chi connectivity index (χ1n) is 5.70. The highest BCUT2D eigenvalue weighted by molar-refractivity contribution is 5.39. The summed E-state index contributed by atoms with van der Waals surface area (Å²) < 4.78 is 24.3. The predicted octanol–water partition coefficient (Wildman–Crippen LogP) is 2.08. The van der Waals surface area contributed by atoms with Gasteiger partial charge in [0.25, 0.3) is 0 Å². The fourth-order valence-corrected chi connectivity index (χ4v) is 2.35. The molecule has 1 aromatic rings. The Morgan fingerprint density at radius 1 is 1.53 bits per heavy atom. The van der Waals surface area contributed by atoms with Gasteiger partial charge in [-0.1, -0.05) is 6.07 Å². The van der Waals surface area contributed by atoms with Crippen molar-refractivity contribution in [3.8, 4) is 5.75 Å². The summed E-state index contributed by atoms with van der Waals surface area (Å²) in [7, 11) is 1.47. The molecule has 3 nitrogen and oxygen atoms in total. The van der Waals surface area contributed by atoms with E-state index in [1.165, 1.54) is 13.2 Å². The molecule has 0 spiro atoms. The number of hydrogen-bond donors (Lipinski definition) is 1. The van der Waals surface area contributed by atoms with Gasteiger partial charge in [0, 0.05) is 12.5 Å². The molecule has 0 saturated carbocycles. The summed E-state index contributed by atoms with van der Waals surface area (Å²) >= 11 is 0. The van der Waals surface area contributed by atoms with Gasteiger partial charge in [-0.15, -0.1) is 0 Å². The minimum absolute atomic E-state index is 0.103. The van der Waals surface area contributed by atoms with Crippen molar-refractivity contribution in [3.05, 3.63) is 29.6 Å². The predicted molar refractivity (Wildman–Crippen MR) is 61.4 cm³/mol. The smallest absolute Gasteiger partial charge is 0.133 e. The van der Waals surface area contributed by atoms with E-state index in [9.17, 15) is 9.50 Å². The molecule has 1 aliphatic rings. The largest absolute Gasteiger partial charge is 0.496 e. The maximum Gasteiger partial charge on any atom is 0.133 e. The lowest BCUT2D eigenvalue weighted by Crippen LogP contribution is -2.33. The van der Waals surface area contributed by atoms with Gasteiger partial charge in [-0.2, -0.15) is 0 Å². The normalized spacial score (nSPS) is 23.4. The minimum atomic E-state index is -1.27. The van der Waals surface area contributed by atoms with E-state index in [0.29, 0.717) is 19.0 Å². The van der Waals surface area contributed by atoms with Crippen LogP contribution in [0.2, 0.25) is 0 Å². The van der Waals surface area contributed by atoms with E-state index in [0.717, 1.165) is 6.42 Å². The van der Waals surface area contributed by atoms with Gasteiger partial charge in [0.1, 0.15) is 11.6 Å². The number of hydrogen-bond acceptors (Lipinski definition) is 3. The Morgan fingerprint density at radius 3 is 2.88 bits per heavy atom. The third kappa shape index (κ3) is 2.15. The highest BCUT2D eigenvalue weighted by Crippen LogP contribution is 2.40. The van der Waals surface area contributed by atoms with Crippen LogP contribution in [0, 0.1) is 11.7 Å². The first-order chi connectivity index (χ1) is 8.07. The summed E-state index contributed by atoms with van der Waals surface area (Å²) in [6.45, 7) is 2.68.